The number of carboxylic acid groups (broad SMARTS) is 1. The minimum absolute atomic E-state index is 0.108. The van der Waals surface area contributed by atoms with Crippen LogP contribution in [0, 0.1) is 0 Å². The number of carbonyl (C=O) groups is 2. The van der Waals surface area contributed by atoms with Crippen molar-refractivity contribution in [3.05, 3.63) is 113 Å². The summed E-state index contributed by atoms with van der Waals surface area (Å²) in [6, 6.07) is 29.4. The lowest BCUT2D eigenvalue weighted by molar-refractivity contribution is -0.137. The largest absolute Gasteiger partial charge is 0.488 e. The van der Waals surface area contributed by atoms with E-state index in [1.807, 2.05) is 91.0 Å². The average Bonchev–Trinajstić information content (AvgIpc) is 3.49. The molecule has 2 N–H and O–H groups in total. The summed E-state index contributed by atoms with van der Waals surface area (Å²) in [5.41, 5.74) is 3.34. The molecule has 0 unspecified atom stereocenters. The molecule has 7 nitrogen and oxygen atoms in total. The van der Waals surface area contributed by atoms with Crippen molar-refractivity contribution in [1.82, 2.24) is 9.88 Å². The first-order valence-corrected chi connectivity index (χ1v) is 13.1. The Kier molecular flexibility index (Phi) is 6.61. The molecule has 1 saturated heterocycles. The van der Waals surface area contributed by atoms with Gasteiger partial charge in [0.2, 0.25) is 0 Å². The first-order valence-electron chi connectivity index (χ1n) is 12.3. The molecule has 0 spiro atoms. The van der Waals surface area contributed by atoms with E-state index >= 15 is 0 Å². The molecular weight excluding hydrogens is 510 g/mol. The summed E-state index contributed by atoms with van der Waals surface area (Å²) in [6.45, 7) is 0.307. The number of amidine groups is 1. The molecular formula is C31H23N3O4S. The zero-order valence-electron chi connectivity index (χ0n) is 20.7. The summed E-state index contributed by atoms with van der Waals surface area (Å²) < 4.78 is 7.88. The van der Waals surface area contributed by atoms with Crippen molar-refractivity contribution in [2.45, 2.75) is 13.2 Å². The van der Waals surface area contributed by atoms with E-state index in [1.54, 1.807) is 16.8 Å². The number of aliphatic imine (C=N–C) groups is 1. The zero-order valence-corrected chi connectivity index (χ0v) is 21.5. The Hall–Kier alpha value is -4.82. The summed E-state index contributed by atoms with van der Waals surface area (Å²) in [6.07, 6.45) is 3.58. The van der Waals surface area contributed by atoms with Crippen LogP contribution in [0.4, 0.5) is 5.69 Å². The zero-order chi connectivity index (χ0) is 26.8. The van der Waals surface area contributed by atoms with Crippen molar-refractivity contribution < 1.29 is 19.4 Å². The molecule has 6 rings (SSSR count). The van der Waals surface area contributed by atoms with E-state index in [2.05, 4.69) is 10.3 Å². The minimum Gasteiger partial charge on any atom is -0.488 e. The fraction of sp³-hybridized carbons (Fsp3) is 0.0645. The molecule has 1 aliphatic heterocycles. The molecule has 5 aromatic rings. The predicted octanol–water partition coefficient (Wildman–Crippen LogP) is 6.35. The number of hydrogen-bond acceptors (Lipinski definition) is 5. The number of nitrogens with one attached hydrogen (secondary N) is 1. The molecule has 1 amide bonds. The summed E-state index contributed by atoms with van der Waals surface area (Å²) in [4.78, 5) is 29.1. The van der Waals surface area contributed by atoms with Crippen LogP contribution in [0.5, 0.6) is 5.75 Å². The number of rotatable bonds is 7. The number of fused-ring (bicyclic) bond motifs is 2. The Labute approximate surface area is 228 Å². The number of nitrogens with zero attached hydrogens (tertiary/aromatic N) is 2. The number of aromatic nitrogens is 1. The third kappa shape index (κ3) is 5.42. The molecule has 1 fully saturated rings. The van der Waals surface area contributed by atoms with Crippen molar-refractivity contribution in [3.63, 3.8) is 0 Å². The van der Waals surface area contributed by atoms with E-state index in [0.29, 0.717) is 28.1 Å². The van der Waals surface area contributed by atoms with Crippen molar-refractivity contribution in [2.75, 3.05) is 0 Å². The maximum Gasteiger partial charge on any atom is 0.323 e. The molecule has 0 radical (unpaired) electrons. The van der Waals surface area contributed by atoms with Crippen LogP contribution in [0.3, 0.4) is 0 Å². The highest BCUT2D eigenvalue weighted by molar-refractivity contribution is 8.18. The summed E-state index contributed by atoms with van der Waals surface area (Å²) in [7, 11) is 0. The summed E-state index contributed by atoms with van der Waals surface area (Å²) in [5, 5.41) is 15.4. The standard InChI is InChI=1S/C31H23N3O4S/c35-29(36)18-34-13-12-23-15-25(10-11-26(23)34)32-31-33-30(37)28(39-31)17-24-14-21-8-4-5-9-22(21)16-27(24)38-19-20-6-2-1-3-7-20/h1-17H,18-19H2,(H,35,36)(H,32,33,37)/b28-17+. The third-order valence-electron chi connectivity index (χ3n) is 6.34. The molecule has 0 saturated carbocycles. The normalized spacial score (nSPS) is 15.3. The van der Waals surface area contributed by atoms with Gasteiger partial charge in [0.25, 0.3) is 5.91 Å². The lowest BCUT2D eigenvalue weighted by atomic mass is 10.1. The van der Waals surface area contributed by atoms with Crippen LogP contribution in [0.2, 0.25) is 0 Å². The van der Waals surface area contributed by atoms with E-state index in [4.69, 9.17) is 9.84 Å². The van der Waals surface area contributed by atoms with Crippen LogP contribution >= 0.6 is 11.8 Å². The van der Waals surface area contributed by atoms with E-state index in [1.165, 1.54) is 11.8 Å². The van der Waals surface area contributed by atoms with E-state index < -0.39 is 5.97 Å². The third-order valence-corrected chi connectivity index (χ3v) is 7.25. The van der Waals surface area contributed by atoms with Gasteiger partial charge < -0.3 is 19.7 Å². The van der Waals surface area contributed by atoms with Gasteiger partial charge in [-0.15, -0.1) is 0 Å². The van der Waals surface area contributed by atoms with E-state index in [9.17, 15) is 9.59 Å². The molecule has 8 heteroatoms. The Balaban J connectivity index is 1.28. The van der Waals surface area contributed by atoms with Crippen LogP contribution in [0.1, 0.15) is 11.1 Å². The fourth-order valence-corrected chi connectivity index (χ4v) is 5.32. The smallest absolute Gasteiger partial charge is 0.323 e. The summed E-state index contributed by atoms with van der Waals surface area (Å²) in [5.74, 6) is -0.434. The second-order valence-electron chi connectivity index (χ2n) is 9.07. The lowest BCUT2D eigenvalue weighted by Gasteiger charge is -2.12. The number of hydrogen-bond donors (Lipinski definition) is 2. The highest BCUT2D eigenvalue weighted by Crippen LogP contribution is 2.34. The first-order chi connectivity index (χ1) is 19.0. The number of carboxylic acids is 1. The number of carbonyl (C=O) groups excluding carboxylic acids is 1. The monoisotopic (exact) mass is 533 g/mol. The quantitative estimate of drug-likeness (QED) is 0.238. The minimum atomic E-state index is -0.902. The Morgan fingerprint density at radius 1 is 0.949 bits per heavy atom. The molecule has 1 aliphatic rings. The average molecular weight is 534 g/mol. The molecule has 4 aromatic carbocycles. The van der Waals surface area contributed by atoms with Crippen molar-refractivity contribution in [2.24, 2.45) is 4.99 Å². The van der Waals surface area contributed by atoms with Crippen molar-refractivity contribution in [1.29, 1.82) is 0 Å². The number of ether oxygens (including phenoxy) is 1. The molecule has 0 atom stereocenters. The van der Waals surface area contributed by atoms with E-state index in [0.717, 1.165) is 32.8 Å². The first kappa shape index (κ1) is 24.5. The number of benzene rings is 4. The second kappa shape index (κ2) is 10.5. The van der Waals surface area contributed by atoms with Gasteiger partial charge in [-0.2, -0.15) is 0 Å². The SMILES string of the molecule is O=C(O)Cn1ccc2cc(N=C3NC(=O)/C(=C\c4cc5ccccc5cc4OCc4ccccc4)S3)ccc21. The van der Waals surface area contributed by atoms with E-state index in [-0.39, 0.29) is 12.5 Å². The van der Waals surface area contributed by atoms with Gasteiger partial charge in [0.05, 0.1) is 10.6 Å². The predicted molar refractivity (Wildman–Crippen MR) is 155 cm³/mol. The summed E-state index contributed by atoms with van der Waals surface area (Å²) >= 11 is 1.27. The van der Waals surface area contributed by atoms with Gasteiger partial charge in [-0.05, 0) is 70.6 Å². The number of aliphatic carboxylic acids is 1. The van der Waals surface area contributed by atoms with Crippen molar-refractivity contribution >= 4 is 62.2 Å². The maximum absolute atomic E-state index is 12.9. The van der Waals surface area contributed by atoms with Gasteiger partial charge in [0.15, 0.2) is 5.17 Å². The molecule has 0 bridgehead atoms. The van der Waals surface area contributed by atoms with Crippen LogP contribution in [-0.2, 0) is 22.7 Å². The number of amides is 1. The molecule has 2 heterocycles. The fourth-order valence-electron chi connectivity index (χ4n) is 4.49. The molecule has 1 aromatic heterocycles. The molecule has 39 heavy (non-hydrogen) atoms. The van der Waals surface area contributed by atoms with Gasteiger partial charge in [-0.3, -0.25) is 9.59 Å². The lowest BCUT2D eigenvalue weighted by Crippen LogP contribution is -2.19. The second-order valence-corrected chi connectivity index (χ2v) is 10.1. The maximum atomic E-state index is 12.9. The van der Waals surface area contributed by atoms with Crippen LogP contribution < -0.4 is 10.1 Å². The van der Waals surface area contributed by atoms with Crippen LogP contribution in [0.15, 0.2) is 107 Å². The topological polar surface area (TPSA) is 92.9 Å². The Morgan fingerprint density at radius 3 is 2.51 bits per heavy atom. The van der Waals surface area contributed by atoms with Crippen LogP contribution in [-0.4, -0.2) is 26.7 Å². The van der Waals surface area contributed by atoms with Gasteiger partial charge in [0, 0.05) is 22.7 Å². The molecule has 0 aliphatic carbocycles. The van der Waals surface area contributed by atoms with Gasteiger partial charge in [-0.1, -0.05) is 54.6 Å². The Morgan fingerprint density at radius 2 is 1.72 bits per heavy atom. The molecule has 192 valence electrons. The highest BCUT2D eigenvalue weighted by atomic mass is 32.2. The van der Waals surface area contributed by atoms with Crippen molar-refractivity contribution in [3.8, 4) is 5.75 Å². The number of thioether (sulfide) groups is 1. The highest BCUT2D eigenvalue weighted by Gasteiger charge is 2.24. The van der Waals surface area contributed by atoms with Gasteiger partial charge >= 0.3 is 5.97 Å². The van der Waals surface area contributed by atoms with Gasteiger partial charge in [-0.25, -0.2) is 4.99 Å². The Bertz CT molecular complexity index is 1790. The van der Waals surface area contributed by atoms with Crippen LogP contribution in [0.25, 0.3) is 27.8 Å². The van der Waals surface area contributed by atoms with Gasteiger partial charge in [0.1, 0.15) is 18.9 Å².